The number of hydrogen-bond acceptors (Lipinski definition) is 5. The van der Waals surface area contributed by atoms with Crippen molar-refractivity contribution in [2.24, 2.45) is 0 Å². The van der Waals surface area contributed by atoms with Gasteiger partial charge in [-0.05, 0) is 30.3 Å². The van der Waals surface area contributed by atoms with Gasteiger partial charge in [0.2, 0.25) is 5.82 Å². The molecule has 152 valence electrons. The van der Waals surface area contributed by atoms with Crippen molar-refractivity contribution in [1.82, 2.24) is 14.4 Å². The SMILES string of the molecule is COc1ccc(-c2cnc3c(Nc4ccc(C(=O)O)c(Cl)c4)nccn23)c(F)c1F. The largest absolute Gasteiger partial charge is 0.494 e. The molecule has 0 amide bonds. The fourth-order valence-electron chi connectivity index (χ4n) is 3.00. The van der Waals surface area contributed by atoms with Crippen LogP contribution >= 0.6 is 11.6 Å². The standard InChI is InChI=1S/C20H13ClF2N4O3/c1-30-15-5-4-12(16(22)17(15)23)14-9-25-19-18(24-6-7-27(14)19)26-10-2-3-11(20(28)29)13(21)8-10/h2-9H,1H3,(H,24,26)(H,28,29). The molecule has 0 fully saturated rings. The summed E-state index contributed by atoms with van der Waals surface area (Å²) in [6.45, 7) is 0. The molecule has 2 aromatic carbocycles. The number of aromatic nitrogens is 3. The van der Waals surface area contributed by atoms with Crippen LogP contribution in [0.2, 0.25) is 5.02 Å². The van der Waals surface area contributed by atoms with Gasteiger partial charge in [-0.2, -0.15) is 4.39 Å². The van der Waals surface area contributed by atoms with Gasteiger partial charge in [0.1, 0.15) is 0 Å². The second-order valence-corrected chi connectivity index (χ2v) is 6.59. The Kier molecular flexibility index (Phi) is 4.96. The minimum Gasteiger partial charge on any atom is -0.494 e. The van der Waals surface area contributed by atoms with Gasteiger partial charge in [0.05, 0.1) is 29.6 Å². The lowest BCUT2D eigenvalue weighted by atomic mass is 10.1. The first-order valence-electron chi connectivity index (χ1n) is 8.55. The van der Waals surface area contributed by atoms with E-state index in [9.17, 15) is 13.6 Å². The van der Waals surface area contributed by atoms with E-state index in [0.29, 0.717) is 22.8 Å². The van der Waals surface area contributed by atoms with E-state index in [1.54, 1.807) is 10.6 Å². The number of anilines is 2. The molecule has 4 aromatic rings. The monoisotopic (exact) mass is 430 g/mol. The number of rotatable bonds is 5. The average molecular weight is 431 g/mol. The summed E-state index contributed by atoms with van der Waals surface area (Å²) in [5.41, 5.74) is 1.12. The molecule has 7 nitrogen and oxygen atoms in total. The van der Waals surface area contributed by atoms with E-state index in [4.69, 9.17) is 21.4 Å². The van der Waals surface area contributed by atoms with Crippen LogP contribution in [0.3, 0.4) is 0 Å². The first-order chi connectivity index (χ1) is 14.4. The zero-order valence-corrected chi connectivity index (χ0v) is 16.1. The molecule has 4 rings (SSSR count). The summed E-state index contributed by atoms with van der Waals surface area (Å²) in [6.07, 6.45) is 4.42. The van der Waals surface area contributed by atoms with Crippen molar-refractivity contribution >= 4 is 34.7 Å². The van der Waals surface area contributed by atoms with Crippen LogP contribution in [-0.4, -0.2) is 32.6 Å². The van der Waals surface area contributed by atoms with Gasteiger partial charge in [-0.15, -0.1) is 0 Å². The molecule has 2 N–H and O–H groups in total. The van der Waals surface area contributed by atoms with Crippen LogP contribution in [0.1, 0.15) is 10.4 Å². The van der Waals surface area contributed by atoms with E-state index in [1.165, 1.54) is 49.8 Å². The minimum absolute atomic E-state index is 0.00630. The van der Waals surface area contributed by atoms with Crippen LogP contribution in [0.4, 0.5) is 20.3 Å². The van der Waals surface area contributed by atoms with E-state index in [0.717, 1.165) is 0 Å². The van der Waals surface area contributed by atoms with Crippen LogP contribution in [0.25, 0.3) is 16.9 Å². The van der Waals surface area contributed by atoms with Gasteiger partial charge in [0.15, 0.2) is 23.0 Å². The van der Waals surface area contributed by atoms with E-state index < -0.39 is 17.6 Å². The fourth-order valence-corrected chi connectivity index (χ4v) is 3.26. The number of carbonyl (C=O) groups is 1. The molecule has 0 aliphatic rings. The number of ether oxygens (including phenoxy) is 1. The number of imidazole rings is 1. The van der Waals surface area contributed by atoms with Gasteiger partial charge in [0, 0.05) is 23.6 Å². The van der Waals surface area contributed by atoms with Crippen molar-refractivity contribution in [3.63, 3.8) is 0 Å². The molecule has 0 saturated heterocycles. The Morgan fingerprint density at radius 3 is 2.70 bits per heavy atom. The third kappa shape index (κ3) is 3.29. The molecule has 0 atom stereocenters. The summed E-state index contributed by atoms with van der Waals surface area (Å²) in [5.74, 6) is -3.17. The van der Waals surface area contributed by atoms with Crippen LogP contribution in [0, 0.1) is 11.6 Å². The number of carboxylic acids is 1. The van der Waals surface area contributed by atoms with E-state index in [1.807, 2.05) is 0 Å². The number of aromatic carboxylic acids is 1. The molecule has 0 unspecified atom stereocenters. The van der Waals surface area contributed by atoms with Gasteiger partial charge in [-0.1, -0.05) is 11.6 Å². The van der Waals surface area contributed by atoms with Crippen molar-refractivity contribution in [2.75, 3.05) is 12.4 Å². The van der Waals surface area contributed by atoms with Crippen LogP contribution < -0.4 is 10.1 Å². The lowest BCUT2D eigenvalue weighted by Gasteiger charge is -2.10. The summed E-state index contributed by atoms with van der Waals surface area (Å²) >= 11 is 6.00. The number of nitrogens with one attached hydrogen (secondary N) is 1. The minimum atomic E-state index is -1.14. The van der Waals surface area contributed by atoms with Gasteiger partial charge in [-0.3, -0.25) is 4.40 Å². The first-order valence-corrected chi connectivity index (χ1v) is 8.92. The Morgan fingerprint density at radius 2 is 2.00 bits per heavy atom. The number of halogens is 3. The molecule has 0 aliphatic carbocycles. The van der Waals surface area contributed by atoms with E-state index in [-0.39, 0.29) is 21.9 Å². The second-order valence-electron chi connectivity index (χ2n) is 6.18. The van der Waals surface area contributed by atoms with Gasteiger partial charge in [-0.25, -0.2) is 19.2 Å². The summed E-state index contributed by atoms with van der Waals surface area (Å²) in [7, 11) is 1.25. The predicted octanol–water partition coefficient (Wildman–Crippen LogP) is 4.78. The van der Waals surface area contributed by atoms with Crippen LogP contribution in [0.15, 0.2) is 48.9 Å². The highest BCUT2D eigenvalue weighted by atomic mass is 35.5. The third-order valence-corrected chi connectivity index (χ3v) is 4.75. The van der Waals surface area contributed by atoms with Gasteiger partial charge < -0.3 is 15.2 Å². The summed E-state index contributed by atoms with van der Waals surface area (Å²) in [5, 5.41) is 12.1. The number of hydrogen-bond donors (Lipinski definition) is 2. The molecule has 0 spiro atoms. The van der Waals surface area contributed by atoms with Crippen LogP contribution in [0.5, 0.6) is 5.75 Å². The highest BCUT2D eigenvalue weighted by molar-refractivity contribution is 6.33. The number of fused-ring (bicyclic) bond motifs is 1. The molecular weight excluding hydrogens is 418 g/mol. The maximum absolute atomic E-state index is 14.5. The Morgan fingerprint density at radius 1 is 1.20 bits per heavy atom. The zero-order chi connectivity index (χ0) is 21.4. The number of benzene rings is 2. The summed E-state index contributed by atoms with van der Waals surface area (Å²) in [4.78, 5) is 19.6. The summed E-state index contributed by atoms with van der Waals surface area (Å²) in [6, 6.07) is 7.07. The van der Waals surface area contributed by atoms with Crippen molar-refractivity contribution in [2.45, 2.75) is 0 Å². The Balaban J connectivity index is 1.76. The predicted molar refractivity (Wildman–Crippen MR) is 107 cm³/mol. The van der Waals surface area contributed by atoms with Gasteiger partial charge in [0.25, 0.3) is 0 Å². The highest BCUT2D eigenvalue weighted by Gasteiger charge is 2.19. The quantitative estimate of drug-likeness (QED) is 0.473. The van der Waals surface area contributed by atoms with E-state index in [2.05, 4.69) is 15.3 Å². The average Bonchev–Trinajstić information content (AvgIpc) is 3.15. The molecule has 0 aliphatic heterocycles. The molecule has 2 heterocycles. The molecule has 0 saturated carbocycles. The third-order valence-electron chi connectivity index (χ3n) is 4.43. The van der Waals surface area contributed by atoms with Crippen molar-refractivity contribution in [3.8, 4) is 17.0 Å². The van der Waals surface area contributed by atoms with Crippen molar-refractivity contribution < 1.29 is 23.4 Å². The molecule has 30 heavy (non-hydrogen) atoms. The maximum atomic E-state index is 14.5. The molecular formula is C20H13ClF2N4O3. The number of carboxylic acid groups (broad SMARTS) is 1. The second kappa shape index (κ2) is 7.60. The molecule has 0 bridgehead atoms. The van der Waals surface area contributed by atoms with Crippen molar-refractivity contribution in [3.05, 3.63) is 71.1 Å². The topological polar surface area (TPSA) is 88.8 Å². The Hall–Kier alpha value is -3.72. The maximum Gasteiger partial charge on any atom is 0.337 e. The van der Waals surface area contributed by atoms with Crippen molar-refractivity contribution in [1.29, 1.82) is 0 Å². The lowest BCUT2D eigenvalue weighted by Crippen LogP contribution is -2.01. The van der Waals surface area contributed by atoms with Gasteiger partial charge >= 0.3 is 5.97 Å². The number of nitrogens with zero attached hydrogens (tertiary/aromatic N) is 3. The highest BCUT2D eigenvalue weighted by Crippen LogP contribution is 2.31. The normalized spacial score (nSPS) is 10.9. The number of methoxy groups -OCH3 is 1. The smallest absolute Gasteiger partial charge is 0.337 e. The first kappa shape index (κ1) is 19.6. The molecule has 2 aromatic heterocycles. The Bertz CT molecular complexity index is 1290. The molecule has 0 radical (unpaired) electrons. The lowest BCUT2D eigenvalue weighted by molar-refractivity contribution is 0.0697. The Labute approximate surface area is 173 Å². The summed E-state index contributed by atoms with van der Waals surface area (Å²) < 4.78 is 35.0. The van der Waals surface area contributed by atoms with E-state index >= 15 is 0 Å². The zero-order valence-electron chi connectivity index (χ0n) is 15.4. The molecule has 10 heteroatoms. The van der Waals surface area contributed by atoms with Crippen LogP contribution in [-0.2, 0) is 0 Å². The fraction of sp³-hybridized carbons (Fsp3) is 0.0500.